The Labute approximate surface area is 154 Å². The zero-order valence-electron chi connectivity index (χ0n) is 15.6. The first-order valence-electron chi connectivity index (χ1n) is 8.87. The van der Waals surface area contributed by atoms with Crippen molar-refractivity contribution in [3.05, 3.63) is 23.8 Å². The Kier molecular flexibility index (Phi) is 7.44. The van der Waals surface area contributed by atoms with Gasteiger partial charge in [-0.3, -0.25) is 9.59 Å². The van der Waals surface area contributed by atoms with Crippen molar-refractivity contribution in [2.24, 2.45) is 5.10 Å². The number of rotatable bonds is 7. The van der Waals surface area contributed by atoms with Crippen molar-refractivity contribution in [2.45, 2.75) is 51.5 Å². The standard InChI is InChI=1S/C19H27N3O4/c1-13(9-18(23)20-15-7-5-4-6-8-15)21-22-19(24)14-10-16(25-2)12-17(11-14)26-3/h10-12,15H,4-9H2,1-3H3,(H,20,23)(H,22,24)/b21-13-. The topological polar surface area (TPSA) is 89.0 Å². The van der Waals surface area contributed by atoms with E-state index in [9.17, 15) is 9.59 Å². The van der Waals surface area contributed by atoms with E-state index in [1.807, 2.05) is 0 Å². The third-order valence-electron chi connectivity index (χ3n) is 4.35. The molecule has 142 valence electrons. The first kappa shape index (κ1) is 19.8. The third kappa shape index (κ3) is 6.06. The minimum absolute atomic E-state index is 0.0598. The van der Waals surface area contributed by atoms with Crippen LogP contribution in [0.2, 0.25) is 0 Å². The number of carbonyl (C=O) groups excluding carboxylic acids is 2. The number of hydrogen-bond acceptors (Lipinski definition) is 5. The molecule has 0 saturated heterocycles. The lowest BCUT2D eigenvalue weighted by Gasteiger charge is -2.22. The molecule has 2 rings (SSSR count). The van der Waals surface area contributed by atoms with Gasteiger partial charge in [-0.2, -0.15) is 5.10 Å². The van der Waals surface area contributed by atoms with Gasteiger partial charge in [0.25, 0.3) is 5.91 Å². The summed E-state index contributed by atoms with van der Waals surface area (Å²) in [4.78, 5) is 24.3. The number of hydrazone groups is 1. The molecule has 1 aromatic carbocycles. The first-order valence-corrected chi connectivity index (χ1v) is 8.87. The summed E-state index contributed by atoms with van der Waals surface area (Å²) in [5.74, 6) is 0.578. The molecule has 0 spiro atoms. The SMILES string of the molecule is COc1cc(OC)cc(C(=O)N/N=C(/C)CC(=O)NC2CCCCC2)c1. The maximum Gasteiger partial charge on any atom is 0.271 e. The Morgan fingerprint density at radius 3 is 2.27 bits per heavy atom. The summed E-state index contributed by atoms with van der Waals surface area (Å²) in [6.07, 6.45) is 5.81. The Hall–Kier alpha value is -2.57. The van der Waals surface area contributed by atoms with Crippen LogP contribution in [0.15, 0.2) is 23.3 Å². The fourth-order valence-corrected chi connectivity index (χ4v) is 2.95. The molecule has 0 heterocycles. The van der Waals surface area contributed by atoms with E-state index in [1.54, 1.807) is 25.1 Å². The average molecular weight is 361 g/mol. The van der Waals surface area contributed by atoms with Gasteiger partial charge in [0.1, 0.15) is 11.5 Å². The second-order valence-electron chi connectivity index (χ2n) is 6.47. The van der Waals surface area contributed by atoms with Crippen molar-refractivity contribution in [1.29, 1.82) is 0 Å². The monoisotopic (exact) mass is 361 g/mol. The van der Waals surface area contributed by atoms with Crippen molar-refractivity contribution in [2.75, 3.05) is 14.2 Å². The van der Waals surface area contributed by atoms with E-state index in [1.165, 1.54) is 20.6 Å². The molecular formula is C19H27N3O4. The Bertz CT molecular complexity index is 644. The van der Waals surface area contributed by atoms with Gasteiger partial charge in [-0.1, -0.05) is 19.3 Å². The number of ether oxygens (including phenoxy) is 2. The van der Waals surface area contributed by atoms with Gasteiger partial charge in [0.05, 0.1) is 20.6 Å². The van der Waals surface area contributed by atoms with E-state index >= 15 is 0 Å². The highest BCUT2D eigenvalue weighted by Crippen LogP contribution is 2.22. The van der Waals surface area contributed by atoms with Gasteiger partial charge in [0.2, 0.25) is 5.91 Å². The van der Waals surface area contributed by atoms with Crippen LogP contribution >= 0.6 is 0 Å². The minimum Gasteiger partial charge on any atom is -0.497 e. The van der Waals surface area contributed by atoms with Crippen LogP contribution in [0.5, 0.6) is 11.5 Å². The largest absolute Gasteiger partial charge is 0.497 e. The van der Waals surface area contributed by atoms with Crippen molar-refractivity contribution >= 4 is 17.5 Å². The highest BCUT2D eigenvalue weighted by Gasteiger charge is 2.16. The Morgan fingerprint density at radius 1 is 1.08 bits per heavy atom. The van der Waals surface area contributed by atoms with E-state index in [0.29, 0.717) is 22.8 Å². The number of amides is 2. The second-order valence-corrected chi connectivity index (χ2v) is 6.47. The van der Waals surface area contributed by atoms with Crippen molar-refractivity contribution in [3.8, 4) is 11.5 Å². The molecule has 1 aromatic rings. The van der Waals surface area contributed by atoms with Crippen LogP contribution < -0.4 is 20.2 Å². The van der Waals surface area contributed by atoms with Crippen LogP contribution in [0, 0.1) is 0 Å². The van der Waals surface area contributed by atoms with E-state index in [4.69, 9.17) is 9.47 Å². The Morgan fingerprint density at radius 2 is 1.69 bits per heavy atom. The number of nitrogens with zero attached hydrogens (tertiary/aromatic N) is 1. The lowest BCUT2D eigenvalue weighted by Crippen LogP contribution is -2.37. The average Bonchev–Trinajstić information content (AvgIpc) is 2.66. The number of carbonyl (C=O) groups is 2. The molecule has 1 aliphatic rings. The number of methoxy groups -OCH3 is 2. The summed E-state index contributed by atoms with van der Waals surface area (Å²) in [5.41, 5.74) is 3.38. The van der Waals surface area contributed by atoms with Gasteiger partial charge < -0.3 is 14.8 Å². The molecule has 1 fully saturated rings. The highest BCUT2D eigenvalue weighted by atomic mass is 16.5. The molecule has 0 radical (unpaired) electrons. The van der Waals surface area contributed by atoms with Crippen molar-refractivity contribution in [1.82, 2.24) is 10.7 Å². The molecular weight excluding hydrogens is 334 g/mol. The lowest BCUT2D eigenvalue weighted by atomic mass is 9.95. The van der Waals surface area contributed by atoms with Gasteiger partial charge in [0, 0.05) is 23.4 Å². The summed E-state index contributed by atoms with van der Waals surface area (Å²) >= 11 is 0. The molecule has 2 amide bonds. The summed E-state index contributed by atoms with van der Waals surface area (Å²) in [5, 5.41) is 7.05. The van der Waals surface area contributed by atoms with Gasteiger partial charge in [-0.15, -0.1) is 0 Å². The van der Waals surface area contributed by atoms with Crippen LogP contribution in [0.3, 0.4) is 0 Å². The van der Waals surface area contributed by atoms with Gasteiger partial charge in [0.15, 0.2) is 0 Å². The summed E-state index contributed by atoms with van der Waals surface area (Å²) in [6, 6.07) is 5.14. The van der Waals surface area contributed by atoms with E-state index in [2.05, 4.69) is 15.8 Å². The van der Waals surface area contributed by atoms with Crippen molar-refractivity contribution in [3.63, 3.8) is 0 Å². The molecule has 1 saturated carbocycles. The van der Waals surface area contributed by atoms with Crippen LogP contribution in [0.4, 0.5) is 0 Å². The molecule has 0 atom stereocenters. The maximum absolute atomic E-state index is 12.3. The van der Waals surface area contributed by atoms with Crippen LogP contribution in [0.25, 0.3) is 0 Å². The van der Waals surface area contributed by atoms with Crippen LogP contribution in [-0.4, -0.2) is 37.8 Å². The molecule has 7 heteroatoms. The van der Waals surface area contributed by atoms with E-state index in [0.717, 1.165) is 25.7 Å². The maximum atomic E-state index is 12.3. The molecule has 26 heavy (non-hydrogen) atoms. The number of benzene rings is 1. The fourth-order valence-electron chi connectivity index (χ4n) is 2.95. The lowest BCUT2D eigenvalue weighted by molar-refractivity contribution is -0.120. The fraction of sp³-hybridized carbons (Fsp3) is 0.526. The minimum atomic E-state index is -0.394. The third-order valence-corrected chi connectivity index (χ3v) is 4.35. The summed E-state index contributed by atoms with van der Waals surface area (Å²) < 4.78 is 10.3. The summed E-state index contributed by atoms with van der Waals surface area (Å²) in [6.45, 7) is 1.72. The van der Waals surface area contributed by atoms with Gasteiger partial charge >= 0.3 is 0 Å². The highest BCUT2D eigenvalue weighted by molar-refractivity contribution is 6.01. The predicted molar refractivity (Wildman–Crippen MR) is 99.8 cm³/mol. The molecule has 2 N–H and O–H groups in total. The van der Waals surface area contributed by atoms with E-state index < -0.39 is 5.91 Å². The molecule has 0 aliphatic heterocycles. The zero-order valence-corrected chi connectivity index (χ0v) is 15.6. The quantitative estimate of drug-likeness (QED) is 0.577. The molecule has 1 aliphatic carbocycles. The molecule has 0 unspecified atom stereocenters. The van der Waals surface area contributed by atoms with Gasteiger partial charge in [-0.25, -0.2) is 5.43 Å². The second kappa shape index (κ2) is 9.79. The molecule has 0 aromatic heterocycles. The smallest absolute Gasteiger partial charge is 0.271 e. The first-order chi connectivity index (χ1) is 12.5. The number of nitrogens with one attached hydrogen (secondary N) is 2. The zero-order chi connectivity index (χ0) is 18.9. The number of hydrogen-bond donors (Lipinski definition) is 2. The van der Waals surface area contributed by atoms with Gasteiger partial charge in [-0.05, 0) is 31.9 Å². The summed E-state index contributed by atoms with van der Waals surface area (Å²) in [7, 11) is 3.04. The van der Waals surface area contributed by atoms with E-state index in [-0.39, 0.29) is 18.4 Å². The molecule has 7 nitrogen and oxygen atoms in total. The predicted octanol–water partition coefficient (Wildman–Crippen LogP) is 2.65. The van der Waals surface area contributed by atoms with Crippen LogP contribution in [-0.2, 0) is 4.79 Å². The van der Waals surface area contributed by atoms with Crippen LogP contribution in [0.1, 0.15) is 55.8 Å². The Balaban J connectivity index is 1.89. The van der Waals surface area contributed by atoms with Crippen molar-refractivity contribution < 1.29 is 19.1 Å². The normalized spacial score (nSPS) is 15.3. The molecule has 0 bridgehead atoms.